The molecule has 0 saturated heterocycles. The minimum absolute atomic E-state index is 0. The Kier molecular flexibility index (Phi) is 20.1. The molecule has 6 aromatic heterocycles. The van der Waals surface area contributed by atoms with E-state index < -0.39 is 35.4 Å². The Balaban J connectivity index is 0.000000227. The van der Waals surface area contributed by atoms with Crippen molar-refractivity contribution < 1.29 is 77.6 Å². The molecule has 18 nitrogen and oxygen atoms in total. The molecule has 0 spiro atoms. The number of aromatic nitrogens is 8. The third kappa shape index (κ3) is 13.7. The molecule has 332 valence electrons. The maximum atomic E-state index is 12.9. The monoisotopic (exact) mass is 894 g/mol. The van der Waals surface area contributed by atoms with Crippen LogP contribution >= 0.6 is 0 Å². The fourth-order valence-electron chi connectivity index (χ4n) is 6.46. The van der Waals surface area contributed by atoms with Gasteiger partial charge in [0.15, 0.2) is 11.6 Å². The van der Waals surface area contributed by atoms with Crippen molar-refractivity contribution in [1.82, 2.24) is 39.5 Å². The summed E-state index contributed by atoms with van der Waals surface area (Å²) in [6, 6.07) is 15.1. The number of Topliss-reactive ketones (excluding diaryl/α,β-unsaturated/α-hetero) is 3. The predicted octanol–water partition coefficient (Wildman–Crippen LogP) is 1.54. The molecule has 19 heteroatoms. The summed E-state index contributed by atoms with van der Waals surface area (Å²) < 4.78 is 16.9. The smallest absolute Gasteiger partial charge is 0.855 e. The van der Waals surface area contributed by atoms with Crippen LogP contribution in [0.1, 0.15) is 79.1 Å². The summed E-state index contributed by atoms with van der Waals surface area (Å²) in [5.74, 6) is -4.97. The van der Waals surface area contributed by atoms with Gasteiger partial charge < -0.3 is 19.3 Å². The topological polar surface area (TPSA) is 240 Å². The molecule has 8 rings (SSSR count). The van der Waals surface area contributed by atoms with Crippen LogP contribution in [-0.2, 0) is 46.2 Å². The number of ether oxygens (including phenoxy) is 3. The van der Waals surface area contributed by atoms with Crippen molar-refractivity contribution in [3.8, 4) is 33.9 Å². The molecule has 0 bridgehead atoms. The molecular formula is C46H47N8NaO10. The van der Waals surface area contributed by atoms with Gasteiger partial charge in [-0.2, -0.15) is 10.2 Å². The largest absolute Gasteiger partial charge is 1.00 e. The molecule has 0 aliphatic heterocycles. The second-order valence-corrected chi connectivity index (χ2v) is 13.7. The first-order valence-corrected chi connectivity index (χ1v) is 20.6. The molecule has 6 aromatic rings. The molecule has 6 heterocycles. The standard InChI is InChI=1S/C21H18N4O4.C17H14N4O.C6H10O4.C2H5O.Na/c1-2-29-21(28)20(27)16-7-5-13-6-8-17(24-18(13)19(16)26)14-10-23-25(12-14)15-4-3-9-22-11-15;22-16-5-1-3-12-6-7-15(20-17(12)16)13-9-19-21(11-13)14-4-2-8-18-10-14;1-3-9-5(7)6(8)10-4-2;1-2-3;/h3-4,6,8-12,16H,2,5,7H2,1H3;2,4,6-11H,1,3,5H2;3-4H2,1-2H3;2H2,1H3;/q;;;-1;+1. The molecule has 2 aliphatic carbocycles. The third-order valence-corrected chi connectivity index (χ3v) is 9.41. The van der Waals surface area contributed by atoms with E-state index in [1.807, 2.05) is 54.7 Å². The quantitative estimate of drug-likeness (QED) is 0.0657. The Morgan fingerprint density at radius 3 is 1.60 bits per heavy atom. The van der Waals surface area contributed by atoms with Crippen molar-refractivity contribution in [2.24, 2.45) is 5.92 Å². The Bertz CT molecular complexity index is 2550. The van der Waals surface area contributed by atoms with Gasteiger partial charge in [0.05, 0.1) is 73.3 Å². The van der Waals surface area contributed by atoms with Crippen LogP contribution in [0.15, 0.2) is 98.1 Å². The zero-order valence-corrected chi connectivity index (χ0v) is 38.8. The Labute approximate surface area is 397 Å². The van der Waals surface area contributed by atoms with Gasteiger partial charge in [-0.1, -0.05) is 19.1 Å². The Morgan fingerprint density at radius 2 is 1.12 bits per heavy atom. The molecule has 0 radical (unpaired) electrons. The first-order chi connectivity index (χ1) is 31.0. The van der Waals surface area contributed by atoms with Crippen molar-refractivity contribution in [3.63, 3.8) is 0 Å². The van der Waals surface area contributed by atoms with Gasteiger partial charge in [0.1, 0.15) is 11.4 Å². The number of fused-ring (bicyclic) bond motifs is 2. The van der Waals surface area contributed by atoms with Crippen molar-refractivity contribution in [2.45, 2.75) is 59.8 Å². The van der Waals surface area contributed by atoms with Crippen molar-refractivity contribution in [3.05, 3.63) is 121 Å². The third-order valence-electron chi connectivity index (χ3n) is 9.41. The first kappa shape index (κ1) is 51.0. The number of nitrogens with zero attached hydrogens (tertiary/aromatic N) is 8. The predicted molar refractivity (Wildman–Crippen MR) is 228 cm³/mol. The molecule has 2 aliphatic rings. The second kappa shape index (κ2) is 25.6. The van der Waals surface area contributed by atoms with Gasteiger partial charge >= 0.3 is 47.5 Å². The number of carbonyl (C=O) groups excluding carboxylic acids is 6. The average Bonchev–Trinajstić information content (AvgIpc) is 4.03. The number of esters is 3. The van der Waals surface area contributed by atoms with Gasteiger partial charge in [0.25, 0.3) is 5.78 Å². The van der Waals surface area contributed by atoms with Crippen LogP contribution in [0.5, 0.6) is 0 Å². The van der Waals surface area contributed by atoms with Crippen LogP contribution in [-0.4, -0.2) is 101 Å². The van der Waals surface area contributed by atoms with Gasteiger partial charge in [0.2, 0.25) is 0 Å². The summed E-state index contributed by atoms with van der Waals surface area (Å²) in [5, 5.41) is 17.6. The molecule has 65 heavy (non-hydrogen) atoms. The second-order valence-electron chi connectivity index (χ2n) is 13.7. The molecular weight excluding hydrogens is 848 g/mol. The molecule has 1 unspecified atom stereocenters. The van der Waals surface area contributed by atoms with Crippen LogP contribution in [0.4, 0.5) is 0 Å². The number of hydrogen-bond acceptors (Lipinski definition) is 16. The minimum atomic E-state index is -1.04. The van der Waals surface area contributed by atoms with Crippen LogP contribution in [0, 0.1) is 5.92 Å². The Hall–Kier alpha value is -6.60. The maximum Gasteiger partial charge on any atom is 1.00 e. The van der Waals surface area contributed by atoms with Gasteiger partial charge in [-0.25, -0.2) is 33.7 Å². The van der Waals surface area contributed by atoms with Gasteiger partial charge in [0, 0.05) is 42.3 Å². The fourth-order valence-corrected chi connectivity index (χ4v) is 6.46. The zero-order chi connectivity index (χ0) is 46.0. The summed E-state index contributed by atoms with van der Waals surface area (Å²) in [5.41, 5.74) is 7.33. The van der Waals surface area contributed by atoms with Gasteiger partial charge in [-0.15, -0.1) is 6.61 Å². The Morgan fingerprint density at radius 1 is 0.646 bits per heavy atom. The van der Waals surface area contributed by atoms with Crippen LogP contribution in [0.2, 0.25) is 0 Å². The van der Waals surface area contributed by atoms with E-state index in [1.54, 1.807) is 80.4 Å². The van der Waals surface area contributed by atoms with Crippen molar-refractivity contribution in [2.75, 3.05) is 26.4 Å². The summed E-state index contributed by atoms with van der Waals surface area (Å²) in [6.45, 7) is 6.90. The summed E-state index contributed by atoms with van der Waals surface area (Å²) in [4.78, 5) is 87.0. The summed E-state index contributed by atoms with van der Waals surface area (Å²) in [7, 11) is 0. The number of pyridine rings is 4. The van der Waals surface area contributed by atoms with Crippen LogP contribution in [0.25, 0.3) is 33.9 Å². The van der Waals surface area contributed by atoms with E-state index in [0.29, 0.717) is 24.2 Å². The fraction of sp³-hybridized carbons (Fsp3) is 0.304. The van der Waals surface area contributed by atoms with E-state index in [1.165, 1.54) is 0 Å². The van der Waals surface area contributed by atoms with Crippen LogP contribution < -0.4 is 34.7 Å². The maximum absolute atomic E-state index is 12.9. The van der Waals surface area contributed by atoms with Crippen LogP contribution in [0.3, 0.4) is 0 Å². The molecule has 0 saturated carbocycles. The van der Waals surface area contributed by atoms with Crippen molar-refractivity contribution in [1.29, 1.82) is 0 Å². The van der Waals surface area contributed by atoms with E-state index in [2.05, 4.69) is 39.6 Å². The molecule has 0 N–H and O–H groups in total. The number of aryl methyl sites for hydroxylation is 2. The number of hydrogen-bond donors (Lipinski definition) is 0. The van der Waals surface area contributed by atoms with E-state index in [9.17, 15) is 28.8 Å². The molecule has 0 aromatic carbocycles. The summed E-state index contributed by atoms with van der Waals surface area (Å²) in [6.07, 6.45) is 17.2. The average molecular weight is 895 g/mol. The molecule has 1 atom stereocenters. The first-order valence-electron chi connectivity index (χ1n) is 20.6. The number of rotatable bonds is 9. The van der Waals surface area contributed by atoms with E-state index >= 15 is 0 Å². The zero-order valence-electron chi connectivity index (χ0n) is 36.8. The number of carbonyl (C=O) groups is 6. The number of ketones is 3. The van der Waals surface area contributed by atoms with E-state index in [4.69, 9.17) is 9.84 Å². The summed E-state index contributed by atoms with van der Waals surface area (Å²) >= 11 is 0. The SMILES string of the molecule is CCOC(=O)C(=O)C1CCc2ccc(-c3cnn(-c4cccnc4)c3)nc2C1=O.CCOC(=O)C(=O)OCC.CC[O-].O=C1CCCc2ccc(-c3cnn(-c4cccnc4)c3)nc21.[Na+]. The normalized spacial score (nSPS) is 13.3. The molecule has 0 fully saturated rings. The molecule has 0 amide bonds. The van der Waals surface area contributed by atoms with E-state index in [-0.39, 0.29) is 73.9 Å². The van der Waals surface area contributed by atoms with Gasteiger partial charge in [-0.3, -0.25) is 24.4 Å². The van der Waals surface area contributed by atoms with Crippen molar-refractivity contribution >= 4 is 35.3 Å². The van der Waals surface area contributed by atoms with Gasteiger partial charge in [-0.05, 0) is 94.0 Å². The minimum Gasteiger partial charge on any atom is -0.855 e. The van der Waals surface area contributed by atoms with E-state index in [0.717, 1.165) is 52.2 Å².